The first kappa shape index (κ1) is 14.2. The van der Waals surface area contributed by atoms with Gasteiger partial charge in [-0.1, -0.05) is 6.92 Å². The number of carboxylic acid groups (broad SMARTS) is 1. The molecule has 6 nitrogen and oxygen atoms in total. The molecule has 0 spiro atoms. The van der Waals surface area contributed by atoms with Crippen molar-refractivity contribution in [3.63, 3.8) is 0 Å². The summed E-state index contributed by atoms with van der Waals surface area (Å²) < 4.78 is 5.43. The minimum Gasteiger partial charge on any atom is -0.480 e. The van der Waals surface area contributed by atoms with Gasteiger partial charge in [0.15, 0.2) is 5.82 Å². The standard InChI is InChI=1S/C12H19N3O3/c1-5-9(12(16)17)15(4)10-6-13-7-11(14-10)18-8(2)3/h6-9H,5H2,1-4H3,(H,16,17). The number of nitrogens with zero attached hydrogens (tertiary/aromatic N) is 3. The van der Waals surface area contributed by atoms with Gasteiger partial charge < -0.3 is 14.7 Å². The molecule has 0 saturated carbocycles. The maximum absolute atomic E-state index is 11.1. The molecule has 1 heterocycles. The number of aliphatic carboxylic acids is 1. The van der Waals surface area contributed by atoms with Gasteiger partial charge in [0, 0.05) is 7.05 Å². The predicted octanol–water partition coefficient (Wildman–Crippen LogP) is 1.56. The Morgan fingerprint density at radius 2 is 2.17 bits per heavy atom. The van der Waals surface area contributed by atoms with Gasteiger partial charge in [-0.3, -0.25) is 4.98 Å². The molecule has 0 saturated heterocycles. The van der Waals surface area contributed by atoms with Crippen LogP contribution in [0, 0.1) is 0 Å². The van der Waals surface area contributed by atoms with Gasteiger partial charge in [0.2, 0.25) is 5.88 Å². The fourth-order valence-corrected chi connectivity index (χ4v) is 1.58. The first-order valence-corrected chi connectivity index (χ1v) is 5.90. The van der Waals surface area contributed by atoms with E-state index in [-0.39, 0.29) is 6.10 Å². The average molecular weight is 253 g/mol. The van der Waals surface area contributed by atoms with Crippen molar-refractivity contribution in [3.05, 3.63) is 12.4 Å². The molecule has 0 fully saturated rings. The molecule has 0 aliphatic rings. The molecule has 1 N–H and O–H groups in total. The summed E-state index contributed by atoms with van der Waals surface area (Å²) in [6.45, 7) is 5.60. The number of rotatable bonds is 6. The number of aromatic nitrogens is 2. The molecule has 0 radical (unpaired) electrons. The van der Waals surface area contributed by atoms with Crippen molar-refractivity contribution in [2.75, 3.05) is 11.9 Å². The lowest BCUT2D eigenvalue weighted by Crippen LogP contribution is -2.38. The Morgan fingerprint density at radius 1 is 1.50 bits per heavy atom. The number of hydrogen-bond donors (Lipinski definition) is 1. The molecule has 1 atom stereocenters. The minimum atomic E-state index is -0.878. The van der Waals surface area contributed by atoms with Crippen LogP contribution in [0.5, 0.6) is 5.88 Å². The van der Waals surface area contributed by atoms with E-state index in [1.54, 1.807) is 11.9 Å². The SMILES string of the molecule is CCC(C(=O)O)N(C)c1cncc(OC(C)C)n1. The highest BCUT2D eigenvalue weighted by molar-refractivity contribution is 5.77. The van der Waals surface area contributed by atoms with Crippen molar-refractivity contribution in [2.45, 2.75) is 39.3 Å². The quantitative estimate of drug-likeness (QED) is 0.829. The van der Waals surface area contributed by atoms with E-state index in [1.165, 1.54) is 12.4 Å². The Balaban J connectivity index is 2.91. The molecular weight excluding hydrogens is 234 g/mol. The summed E-state index contributed by atoms with van der Waals surface area (Å²) in [7, 11) is 1.69. The number of likely N-dealkylation sites (N-methyl/N-ethyl adjacent to an activating group) is 1. The van der Waals surface area contributed by atoms with E-state index in [9.17, 15) is 4.79 Å². The van der Waals surface area contributed by atoms with E-state index >= 15 is 0 Å². The Morgan fingerprint density at radius 3 is 2.67 bits per heavy atom. The van der Waals surface area contributed by atoms with E-state index in [1.807, 2.05) is 20.8 Å². The van der Waals surface area contributed by atoms with Crippen molar-refractivity contribution < 1.29 is 14.6 Å². The highest BCUT2D eigenvalue weighted by Crippen LogP contribution is 2.17. The topological polar surface area (TPSA) is 75.5 Å². The van der Waals surface area contributed by atoms with Gasteiger partial charge in [-0.25, -0.2) is 4.79 Å². The second kappa shape index (κ2) is 6.18. The first-order chi connectivity index (χ1) is 8.45. The molecule has 0 amide bonds. The van der Waals surface area contributed by atoms with Gasteiger partial charge in [-0.2, -0.15) is 4.98 Å². The summed E-state index contributed by atoms with van der Waals surface area (Å²) >= 11 is 0. The minimum absolute atomic E-state index is 0.00121. The number of ether oxygens (including phenoxy) is 1. The van der Waals surface area contributed by atoms with Crippen LogP contribution in [0.15, 0.2) is 12.4 Å². The van der Waals surface area contributed by atoms with Crippen LogP contribution in [0.3, 0.4) is 0 Å². The van der Waals surface area contributed by atoms with Crippen LogP contribution in [0.25, 0.3) is 0 Å². The largest absolute Gasteiger partial charge is 0.480 e. The number of hydrogen-bond acceptors (Lipinski definition) is 5. The molecule has 0 aliphatic carbocycles. The zero-order valence-electron chi connectivity index (χ0n) is 11.1. The summed E-state index contributed by atoms with van der Waals surface area (Å²) in [6.07, 6.45) is 3.53. The van der Waals surface area contributed by atoms with Crippen molar-refractivity contribution in [2.24, 2.45) is 0 Å². The van der Waals surface area contributed by atoms with Gasteiger partial charge >= 0.3 is 5.97 Å². The van der Waals surface area contributed by atoms with Crippen LogP contribution >= 0.6 is 0 Å². The summed E-state index contributed by atoms with van der Waals surface area (Å²) in [5, 5.41) is 9.10. The third-order valence-corrected chi connectivity index (χ3v) is 2.46. The Hall–Kier alpha value is -1.85. The van der Waals surface area contributed by atoms with Crippen molar-refractivity contribution in [1.29, 1.82) is 0 Å². The third-order valence-electron chi connectivity index (χ3n) is 2.46. The van der Waals surface area contributed by atoms with Gasteiger partial charge in [-0.15, -0.1) is 0 Å². The van der Waals surface area contributed by atoms with Gasteiger partial charge in [-0.05, 0) is 20.3 Å². The summed E-state index contributed by atoms with van der Waals surface area (Å²) in [4.78, 5) is 20.9. The zero-order valence-corrected chi connectivity index (χ0v) is 11.1. The normalized spacial score (nSPS) is 12.3. The van der Waals surface area contributed by atoms with Gasteiger partial charge in [0.05, 0.1) is 18.5 Å². The van der Waals surface area contributed by atoms with Gasteiger partial charge in [0.1, 0.15) is 6.04 Å². The van der Waals surface area contributed by atoms with Crippen LogP contribution in [0.2, 0.25) is 0 Å². The molecule has 0 bridgehead atoms. The first-order valence-electron chi connectivity index (χ1n) is 5.90. The monoisotopic (exact) mass is 253 g/mol. The molecule has 0 aliphatic heterocycles. The predicted molar refractivity (Wildman–Crippen MR) is 67.9 cm³/mol. The van der Waals surface area contributed by atoms with E-state index in [0.717, 1.165) is 0 Å². The van der Waals surface area contributed by atoms with Crippen LogP contribution < -0.4 is 9.64 Å². The summed E-state index contributed by atoms with van der Waals surface area (Å²) in [6, 6.07) is -0.617. The lowest BCUT2D eigenvalue weighted by atomic mass is 10.2. The molecule has 6 heteroatoms. The highest BCUT2D eigenvalue weighted by atomic mass is 16.5. The molecule has 1 rings (SSSR count). The zero-order chi connectivity index (χ0) is 13.7. The molecule has 1 unspecified atom stereocenters. The fraction of sp³-hybridized carbons (Fsp3) is 0.583. The van der Waals surface area contributed by atoms with E-state index in [0.29, 0.717) is 18.1 Å². The Kier molecular flexibility index (Phi) is 4.88. The molecule has 1 aromatic rings. The van der Waals surface area contributed by atoms with Crippen molar-refractivity contribution in [1.82, 2.24) is 9.97 Å². The van der Waals surface area contributed by atoms with Crippen LogP contribution in [-0.2, 0) is 4.79 Å². The highest BCUT2D eigenvalue weighted by Gasteiger charge is 2.22. The Bertz CT molecular complexity index is 409. The fourth-order valence-electron chi connectivity index (χ4n) is 1.58. The lowest BCUT2D eigenvalue weighted by molar-refractivity contribution is -0.138. The summed E-state index contributed by atoms with van der Waals surface area (Å²) in [5.41, 5.74) is 0. The second-order valence-electron chi connectivity index (χ2n) is 4.26. The van der Waals surface area contributed by atoms with Gasteiger partial charge in [0.25, 0.3) is 0 Å². The maximum Gasteiger partial charge on any atom is 0.326 e. The van der Waals surface area contributed by atoms with Crippen molar-refractivity contribution in [3.8, 4) is 5.88 Å². The summed E-state index contributed by atoms with van der Waals surface area (Å²) in [5.74, 6) is 0.00831. The molecule has 0 aromatic carbocycles. The Labute approximate surface area is 107 Å². The molecule has 18 heavy (non-hydrogen) atoms. The van der Waals surface area contributed by atoms with Crippen LogP contribution in [-0.4, -0.2) is 40.2 Å². The smallest absolute Gasteiger partial charge is 0.326 e. The molecular formula is C12H19N3O3. The van der Waals surface area contributed by atoms with E-state index < -0.39 is 12.0 Å². The lowest BCUT2D eigenvalue weighted by Gasteiger charge is -2.24. The van der Waals surface area contributed by atoms with E-state index in [4.69, 9.17) is 9.84 Å². The second-order valence-corrected chi connectivity index (χ2v) is 4.26. The number of carboxylic acids is 1. The van der Waals surface area contributed by atoms with E-state index in [2.05, 4.69) is 9.97 Å². The van der Waals surface area contributed by atoms with Crippen LogP contribution in [0.1, 0.15) is 27.2 Å². The number of anilines is 1. The molecule has 100 valence electrons. The van der Waals surface area contributed by atoms with Crippen LogP contribution in [0.4, 0.5) is 5.82 Å². The maximum atomic E-state index is 11.1. The molecule has 1 aromatic heterocycles. The van der Waals surface area contributed by atoms with Crippen molar-refractivity contribution >= 4 is 11.8 Å². The third kappa shape index (κ3) is 3.58. The number of carbonyl (C=O) groups is 1. The average Bonchev–Trinajstić information content (AvgIpc) is 2.28.